The van der Waals surface area contributed by atoms with Gasteiger partial charge in [0.05, 0.1) is 0 Å². The molecule has 0 radical (unpaired) electrons. The lowest BCUT2D eigenvalue weighted by Gasteiger charge is -2.61. The first-order chi connectivity index (χ1) is 14.9. The molecule has 4 bridgehead atoms. The van der Waals surface area contributed by atoms with E-state index in [1.165, 1.54) is 6.92 Å². The molecule has 4 aliphatic rings. The Kier molecular flexibility index (Phi) is 4.83. The van der Waals surface area contributed by atoms with Gasteiger partial charge in [0.1, 0.15) is 5.60 Å². The first-order valence-corrected chi connectivity index (χ1v) is 12.1. The second kappa shape index (κ2) is 6.51. The SMILES string of the molecule is C=CC(=O)OC1([C@@]2(O)C[C@H]3CC[C@]2(C)C3(C)C)[C@@H]2CC[C@](C)(C2(C)C)[C@@]1(O)OC(=O)C(=C)C. The van der Waals surface area contributed by atoms with Crippen LogP contribution in [0.2, 0.25) is 0 Å². The Morgan fingerprint density at radius 1 is 0.939 bits per heavy atom. The molecule has 7 atom stereocenters. The summed E-state index contributed by atoms with van der Waals surface area (Å²) in [6, 6.07) is 0. The summed E-state index contributed by atoms with van der Waals surface area (Å²) in [7, 11) is 0. The molecule has 4 saturated carbocycles. The smallest absolute Gasteiger partial charge is 0.335 e. The van der Waals surface area contributed by atoms with Crippen LogP contribution in [-0.4, -0.2) is 39.1 Å². The summed E-state index contributed by atoms with van der Waals surface area (Å²) >= 11 is 0. The van der Waals surface area contributed by atoms with Crippen molar-refractivity contribution in [3.8, 4) is 0 Å². The van der Waals surface area contributed by atoms with Gasteiger partial charge >= 0.3 is 11.9 Å². The van der Waals surface area contributed by atoms with Crippen molar-refractivity contribution in [2.24, 2.45) is 33.5 Å². The highest BCUT2D eigenvalue weighted by Crippen LogP contribution is 2.82. The van der Waals surface area contributed by atoms with Crippen molar-refractivity contribution >= 4 is 11.9 Å². The summed E-state index contributed by atoms with van der Waals surface area (Å²) in [5.74, 6) is -4.01. The van der Waals surface area contributed by atoms with Crippen LogP contribution in [0.5, 0.6) is 0 Å². The summed E-state index contributed by atoms with van der Waals surface area (Å²) in [5, 5.41) is 25.5. The summed E-state index contributed by atoms with van der Waals surface area (Å²) in [5.41, 5.74) is -5.84. The van der Waals surface area contributed by atoms with Crippen LogP contribution in [0.25, 0.3) is 0 Å². The van der Waals surface area contributed by atoms with Crippen molar-refractivity contribution in [1.29, 1.82) is 0 Å². The Balaban J connectivity index is 2.06. The van der Waals surface area contributed by atoms with Gasteiger partial charge in [0.15, 0.2) is 0 Å². The van der Waals surface area contributed by atoms with Gasteiger partial charge in [-0.05, 0) is 55.8 Å². The molecular weight excluding hydrogens is 420 g/mol. The predicted octanol–water partition coefficient (Wildman–Crippen LogP) is 4.30. The number of carbonyl (C=O) groups excluding carboxylic acids is 2. The van der Waals surface area contributed by atoms with E-state index in [1.54, 1.807) is 0 Å². The Labute approximate surface area is 197 Å². The van der Waals surface area contributed by atoms with Gasteiger partial charge in [-0.1, -0.05) is 54.7 Å². The van der Waals surface area contributed by atoms with Crippen molar-refractivity contribution in [3.63, 3.8) is 0 Å². The lowest BCUT2D eigenvalue weighted by Crippen LogP contribution is -2.78. The quantitative estimate of drug-likeness (QED) is 0.361. The molecule has 0 spiro atoms. The van der Waals surface area contributed by atoms with E-state index in [4.69, 9.17) is 9.47 Å². The largest absolute Gasteiger partial charge is 0.445 e. The van der Waals surface area contributed by atoms with Crippen LogP contribution in [0.15, 0.2) is 24.8 Å². The van der Waals surface area contributed by atoms with Crippen molar-refractivity contribution in [2.45, 2.75) is 97.6 Å². The molecule has 2 N–H and O–H groups in total. The van der Waals surface area contributed by atoms with E-state index in [2.05, 4.69) is 27.0 Å². The van der Waals surface area contributed by atoms with Gasteiger partial charge < -0.3 is 19.7 Å². The van der Waals surface area contributed by atoms with E-state index in [0.717, 1.165) is 18.9 Å². The molecular formula is C27H40O6. The van der Waals surface area contributed by atoms with E-state index in [-0.39, 0.29) is 16.9 Å². The Morgan fingerprint density at radius 3 is 1.97 bits per heavy atom. The maximum Gasteiger partial charge on any atom is 0.335 e. The molecule has 0 amide bonds. The number of carbonyl (C=O) groups is 2. The first kappa shape index (κ1) is 24.5. The normalized spacial score (nSPS) is 48.5. The Hall–Kier alpha value is -1.66. The van der Waals surface area contributed by atoms with E-state index in [1.807, 2.05) is 27.7 Å². The molecule has 0 aromatic carbocycles. The van der Waals surface area contributed by atoms with Crippen molar-refractivity contribution < 1.29 is 29.3 Å². The Bertz CT molecular complexity index is 950. The fourth-order valence-electron chi connectivity index (χ4n) is 8.70. The third kappa shape index (κ3) is 2.28. The number of hydrogen-bond donors (Lipinski definition) is 2. The minimum absolute atomic E-state index is 0.128. The molecule has 4 fully saturated rings. The first-order valence-electron chi connectivity index (χ1n) is 12.1. The van der Waals surface area contributed by atoms with Crippen LogP contribution in [-0.2, 0) is 19.1 Å². The van der Waals surface area contributed by atoms with Gasteiger partial charge in [0.25, 0.3) is 5.79 Å². The topological polar surface area (TPSA) is 93.1 Å². The highest BCUT2D eigenvalue weighted by molar-refractivity contribution is 5.87. The van der Waals surface area contributed by atoms with Gasteiger partial charge in [0.2, 0.25) is 5.60 Å². The molecule has 4 aliphatic carbocycles. The van der Waals surface area contributed by atoms with Gasteiger partial charge in [-0.25, -0.2) is 9.59 Å². The zero-order valence-corrected chi connectivity index (χ0v) is 21.2. The molecule has 6 nitrogen and oxygen atoms in total. The standard InChI is InChI=1S/C27H40O6/c1-10-19(28)32-26(25(30)15-17-11-13-23(25,8)21(17,4)5)18-12-14-24(9,22(18,6)7)27(26,31)33-20(29)16(2)3/h10,17-18,30-31H,1-2,11-15H2,3-9H3/t17-,18-,23-,24-,25-,26?,27-/m1/s1. The number of rotatable bonds is 5. The monoisotopic (exact) mass is 460 g/mol. The Morgan fingerprint density at radius 2 is 1.52 bits per heavy atom. The molecule has 0 saturated heterocycles. The zero-order valence-electron chi connectivity index (χ0n) is 21.2. The van der Waals surface area contributed by atoms with Crippen molar-refractivity contribution in [3.05, 3.63) is 24.8 Å². The minimum Gasteiger partial charge on any atom is -0.445 e. The fraction of sp³-hybridized carbons (Fsp3) is 0.778. The molecule has 33 heavy (non-hydrogen) atoms. The molecule has 4 rings (SSSR count). The van der Waals surface area contributed by atoms with Crippen LogP contribution in [0.1, 0.15) is 80.6 Å². The second-order valence-electron chi connectivity index (χ2n) is 12.7. The van der Waals surface area contributed by atoms with Crippen molar-refractivity contribution in [1.82, 2.24) is 0 Å². The van der Waals surface area contributed by atoms with Gasteiger partial charge in [-0.3, -0.25) is 0 Å². The lowest BCUT2D eigenvalue weighted by atomic mass is 9.53. The maximum atomic E-state index is 12.9. The van der Waals surface area contributed by atoms with Gasteiger partial charge in [-0.15, -0.1) is 0 Å². The van der Waals surface area contributed by atoms with Crippen LogP contribution in [0, 0.1) is 33.5 Å². The lowest BCUT2D eigenvalue weighted by molar-refractivity contribution is -0.380. The van der Waals surface area contributed by atoms with E-state index in [0.29, 0.717) is 19.3 Å². The van der Waals surface area contributed by atoms with E-state index >= 15 is 0 Å². The molecule has 0 heterocycles. The van der Waals surface area contributed by atoms with E-state index in [9.17, 15) is 19.8 Å². The summed E-state index contributed by atoms with van der Waals surface area (Å²) in [6.45, 7) is 21.0. The van der Waals surface area contributed by atoms with Gasteiger partial charge in [0, 0.05) is 28.4 Å². The fourth-order valence-corrected chi connectivity index (χ4v) is 8.70. The summed E-state index contributed by atoms with van der Waals surface area (Å²) in [6.07, 6.45) is 4.28. The van der Waals surface area contributed by atoms with Crippen LogP contribution in [0.3, 0.4) is 0 Å². The van der Waals surface area contributed by atoms with Crippen LogP contribution in [0.4, 0.5) is 0 Å². The maximum absolute atomic E-state index is 12.9. The highest BCUT2D eigenvalue weighted by atomic mass is 16.7. The molecule has 6 heteroatoms. The average Bonchev–Trinajstić information content (AvgIpc) is 3.19. The zero-order chi connectivity index (χ0) is 25.0. The minimum atomic E-state index is -2.25. The van der Waals surface area contributed by atoms with Crippen molar-refractivity contribution in [2.75, 3.05) is 0 Å². The number of fused-ring (bicyclic) bond motifs is 4. The summed E-state index contributed by atoms with van der Waals surface area (Å²) < 4.78 is 12.2. The number of esters is 2. The van der Waals surface area contributed by atoms with E-state index < -0.39 is 51.1 Å². The molecule has 0 aromatic heterocycles. The summed E-state index contributed by atoms with van der Waals surface area (Å²) in [4.78, 5) is 25.9. The molecule has 0 aromatic rings. The second-order valence-corrected chi connectivity index (χ2v) is 12.7. The molecule has 1 unspecified atom stereocenters. The molecule has 184 valence electrons. The third-order valence-corrected chi connectivity index (χ3v) is 11.5. The predicted molar refractivity (Wildman–Crippen MR) is 124 cm³/mol. The third-order valence-electron chi connectivity index (χ3n) is 11.5. The van der Waals surface area contributed by atoms with Crippen LogP contribution >= 0.6 is 0 Å². The van der Waals surface area contributed by atoms with Crippen LogP contribution < -0.4 is 0 Å². The molecule has 0 aliphatic heterocycles. The average molecular weight is 461 g/mol. The van der Waals surface area contributed by atoms with Gasteiger partial charge in [-0.2, -0.15) is 0 Å². The number of ether oxygens (including phenoxy) is 2. The highest BCUT2D eigenvalue weighted by Gasteiger charge is 2.92. The number of aliphatic hydroxyl groups is 2. The number of hydrogen-bond acceptors (Lipinski definition) is 6.